The first-order valence-corrected chi connectivity index (χ1v) is 7.09. The second-order valence-electron chi connectivity index (χ2n) is 4.09. The summed E-state index contributed by atoms with van der Waals surface area (Å²) in [4.78, 5) is 0. The van der Waals surface area contributed by atoms with Gasteiger partial charge in [0.05, 0.1) is 45.7 Å². The van der Waals surface area contributed by atoms with Crippen molar-refractivity contribution in [2.75, 3.05) is 46.2 Å². The molecule has 0 saturated carbocycles. The molecule has 0 spiro atoms. The second kappa shape index (κ2) is 15.4. The van der Waals surface area contributed by atoms with E-state index in [9.17, 15) is 0 Å². The molecule has 1 unspecified atom stereocenters. The van der Waals surface area contributed by atoms with E-state index in [4.69, 9.17) is 24.2 Å². The van der Waals surface area contributed by atoms with Gasteiger partial charge in [-0.25, -0.2) is 0 Å². The topological polar surface area (TPSA) is 60.7 Å². The lowest BCUT2D eigenvalue weighted by Crippen LogP contribution is -2.15. The van der Waals surface area contributed by atoms with Crippen molar-refractivity contribution >= 4 is 0 Å². The van der Waals surface area contributed by atoms with Gasteiger partial charge in [0.25, 0.3) is 0 Å². The SMILES string of the molecule is CCCCOCCOCCOCCOC(C#N)CC. The Balaban J connectivity index is 3.05. The Kier molecular flexibility index (Phi) is 14.8. The van der Waals surface area contributed by atoms with Crippen LogP contribution in [0.1, 0.15) is 33.1 Å². The summed E-state index contributed by atoms with van der Waals surface area (Å²) in [6, 6.07) is 2.08. The quantitative estimate of drug-likeness (QED) is 0.454. The molecule has 112 valence electrons. The van der Waals surface area contributed by atoms with E-state index in [0.29, 0.717) is 46.1 Å². The second-order valence-corrected chi connectivity index (χ2v) is 4.09. The van der Waals surface area contributed by atoms with Gasteiger partial charge in [-0.15, -0.1) is 0 Å². The summed E-state index contributed by atoms with van der Waals surface area (Å²) in [6.45, 7) is 8.17. The fourth-order valence-electron chi connectivity index (χ4n) is 1.28. The molecule has 0 aromatic heterocycles. The highest BCUT2D eigenvalue weighted by Gasteiger charge is 2.02. The Hall–Kier alpha value is -0.670. The van der Waals surface area contributed by atoms with Crippen LogP contribution in [0.4, 0.5) is 0 Å². The van der Waals surface area contributed by atoms with E-state index in [0.717, 1.165) is 19.4 Å². The monoisotopic (exact) mass is 273 g/mol. The molecule has 0 rings (SSSR count). The first kappa shape index (κ1) is 18.3. The van der Waals surface area contributed by atoms with E-state index in [1.54, 1.807) is 0 Å². The molecule has 0 N–H and O–H groups in total. The van der Waals surface area contributed by atoms with Crippen molar-refractivity contribution < 1.29 is 18.9 Å². The van der Waals surface area contributed by atoms with Crippen molar-refractivity contribution in [2.24, 2.45) is 0 Å². The first-order valence-electron chi connectivity index (χ1n) is 7.09. The van der Waals surface area contributed by atoms with Gasteiger partial charge in [-0.05, 0) is 12.8 Å². The zero-order chi connectivity index (χ0) is 14.2. The predicted molar refractivity (Wildman–Crippen MR) is 73.0 cm³/mol. The highest BCUT2D eigenvalue weighted by Crippen LogP contribution is 1.95. The summed E-state index contributed by atoms with van der Waals surface area (Å²) in [7, 11) is 0. The van der Waals surface area contributed by atoms with Gasteiger partial charge in [0.15, 0.2) is 0 Å². The van der Waals surface area contributed by atoms with Crippen LogP contribution < -0.4 is 0 Å². The Morgan fingerprint density at radius 1 is 0.842 bits per heavy atom. The Bertz CT molecular complexity index is 218. The summed E-state index contributed by atoms with van der Waals surface area (Å²) in [5.41, 5.74) is 0. The maximum absolute atomic E-state index is 8.66. The van der Waals surface area contributed by atoms with E-state index in [-0.39, 0.29) is 6.10 Å². The minimum Gasteiger partial charge on any atom is -0.379 e. The van der Waals surface area contributed by atoms with Gasteiger partial charge in [-0.2, -0.15) is 5.26 Å². The third-order valence-electron chi connectivity index (χ3n) is 2.45. The van der Waals surface area contributed by atoms with Crippen LogP contribution in [-0.4, -0.2) is 52.4 Å². The average Bonchev–Trinajstić information content (AvgIpc) is 2.44. The molecule has 0 fully saturated rings. The smallest absolute Gasteiger partial charge is 0.143 e. The van der Waals surface area contributed by atoms with Crippen molar-refractivity contribution in [2.45, 2.75) is 39.2 Å². The molecule has 0 aromatic rings. The normalized spacial score (nSPS) is 12.3. The van der Waals surface area contributed by atoms with E-state index >= 15 is 0 Å². The van der Waals surface area contributed by atoms with Crippen molar-refractivity contribution in [1.29, 1.82) is 5.26 Å². The maximum Gasteiger partial charge on any atom is 0.143 e. The van der Waals surface area contributed by atoms with Gasteiger partial charge in [-0.3, -0.25) is 0 Å². The van der Waals surface area contributed by atoms with Gasteiger partial charge in [0, 0.05) is 6.61 Å². The maximum atomic E-state index is 8.66. The van der Waals surface area contributed by atoms with Crippen LogP contribution in [0, 0.1) is 11.3 Å². The Morgan fingerprint density at radius 2 is 1.37 bits per heavy atom. The number of hydrogen-bond donors (Lipinski definition) is 0. The Labute approximate surface area is 116 Å². The number of ether oxygens (including phenoxy) is 4. The standard InChI is InChI=1S/C14H27NO4/c1-3-5-6-16-7-8-17-9-10-18-11-12-19-14(4-2)13-15/h14H,3-12H2,1-2H3. The summed E-state index contributed by atoms with van der Waals surface area (Å²) in [5.74, 6) is 0. The molecule has 19 heavy (non-hydrogen) atoms. The lowest BCUT2D eigenvalue weighted by atomic mass is 10.3. The van der Waals surface area contributed by atoms with Crippen molar-refractivity contribution in [3.05, 3.63) is 0 Å². The van der Waals surface area contributed by atoms with Crippen molar-refractivity contribution in [1.82, 2.24) is 0 Å². The van der Waals surface area contributed by atoms with Crippen LogP contribution in [0.2, 0.25) is 0 Å². The summed E-state index contributed by atoms with van der Waals surface area (Å²) >= 11 is 0. The van der Waals surface area contributed by atoms with E-state index in [2.05, 4.69) is 13.0 Å². The van der Waals surface area contributed by atoms with Crippen LogP contribution in [-0.2, 0) is 18.9 Å². The fourth-order valence-corrected chi connectivity index (χ4v) is 1.28. The van der Waals surface area contributed by atoms with Gasteiger partial charge in [0.1, 0.15) is 6.10 Å². The summed E-state index contributed by atoms with van der Waals surface area (Å²) in [6.07, 6.45) is 2.64. The van der Waals surface area contributed by atoms with Gasteiger partial charge >= 0.3 is 0 Å². The van der Waals surface area contributed by atoms with Gasteiger partial charge < -0.3 is 18.9 Å². The molecule has 0 bridgehead atoms. The molecule has 5 heteroatoms. The molecule has 0 aliphatic rings. The zero-order valence-electron chi connectivity index (χ0n) is 12.2. The van der Waals surface area contributed by atoms with E-state index in [1.165, 1.54) is 0 Å². The number of rotatable bonds is 14. The third-order valence-corrected chi connectivity index (χ3v) is 2.45. The molecule has 5 nitrogen and oxygen atoms in total. The Morgan fingerprint density at radius 3 is 1.84 bits per heavy atom. The molecule has 1 atom stereocenters. The molecule has 0 amide bonds. The predicted octanol–water partition coefficient (Wildman–Crippen LogP) is 2.16. The molecule has 0 radical (unpaired) electrons. The lowest BCUT2D eigenvalue weighted by Gasteiger charge is -2.09. The number of nitriles is 1. The fraction of sp³-hybridized carbons (Fsp3) is 0.929. The van der Waals surface area contributed by atoms with Gasteiger partial charge in [-0.1, -0.05) is 20.3 Å². The third kappa shape index (κ3) is 13.6. The average molecular weight is 273 g/mol. The van der Waals surface area contributed by atoms with Gasteiger partial charge in [0.2, 0.25) is 0 Å². The molecule has 0 saturated heterocycles. The van der Waals surface area contributed by atoms with Crippen molar-refractivity contribution in [3.8, 4) is 6.07 Å². The van der Waals surface area contributed by atoms with Crippen LogP contribution >= 0.6 is 0 Å². The number of unbranched alkanes of at least 4 members (excludes halogenated alkanes) is 1. The molecule has 0 heterocycles. The van der Waals surface area contributed by atoms with Crippen molar-refractivity contribution in [3.63, 3.8) is 0 Å². The lowest BCUT2D eigenvalue weighted by molar-refractivity contribution is -0.00963. The van der Waals surface area contributed by atoms with Crippen LogP contribution in [0.3, 0.4) is 0 Å². The summed E-state index contributed by atoms with van der Waals surface area (Å²) in [5, 5.41) is 8.66. The highest BCUT2D eigenvalue weighted by atomic mass is 16.6. The number of nitrogens with zero attached hydrogens (tertiary/aromatic N) is 1. The zero-order valence-corrected chi connectivity index (χ0v) is 12.2. The van der Waals surface area contributed by atoms with Crippen LogP contribution in [0.15, 0.2) is 0 Å². The molecular formula is C14H27NO4. The molecular weight excluding hydrogens is 246 g/mol. The van der Waals surface area contributed by atoms with E-state index in [1.807, 2.05) is 6.92 Å². The minimum atomic E-state index is -0.319. The van der Waals surface area contributed by atoms with Crippen LogP contribution in [0.25, 0.3) is 0 Å². The minimum absolute atomic E-state index is 0.319. The molecule has 0 aliphatic carbocycles. The largest absolute Gasteiger partial charge is 0.379 e. The first-order chi connectivity index (χ1) is 9.35. The summed E-state index contributed by atoms with van der Waals surface area (Å²) < 4.78 is 21.3. The molecule has 0 aliphatic heterocycles. The number of hydrogen-bond acceptors (Lipinski definition) is 5. The molecule has 0 aromatic carbocycles. The van der Waals surface area contributed by atoms with E-state index < -0.39 is 0 Å². The van der Waals surface area contributed by atoms with Crippen LogP contribution in [0.5, 0.6) is 0 Å². The highest BCUT2D eigenvalue weighted by molar-refractivity contribution is 4.82.